The highest BCUT2D eigenvalue weighted by molar-refractivity contribution is 5.78. The number of rotatable bonds is 3. The molecule has 1 N–H and O–H groups in total. The number of piperidine rings is 1. The normalized spacial score (nSPS) is 17.9. The lowest BCUT2D eigenvalue weighted by Crippen LogP contribution is -2.43. The van der Waals surface area contributed by atoms with Gasteiger partial charge in [0, 0.05) is 18.4 Å². The lowest BCUT2D eigenvalue weighted by Gasteiger charge is -2.29. The van der Waals surface area contributed by atoms with Crippen LogP contribution in [0.3, 0.4) is 0 Å². The van der Waals surface area contributed by atoms with Crippen LogP contribution in [0.15, 0.2) is 24.5 Å². The summed E-state index contributed by atoms with van der Waals surface area (Å²) >= 11 is 0. The summed E-state index contributed by atoms with van der Waals surface area (Å²) in [5.41, 5.74) is 1.02. The smallest absolute Gasteiger partial charge is 0.224 e. The van der Waals surface area contributed by atoms with E-state index in [9.17, 15) is 4.79 Å². The first-order valence-electron chi connectivity index (χ1n) is 6.11. The molecule has 1 aliphatic heterocycles. The number of nitrogens with zero attached hydrogens (tertiary/aromatic N) is 2. The highest BCUT2D eigenvalue weighted by Crippen LogP contribution is 2.08. The van der Waals surface area contributed by atoms with E-state index in [1.807, 2.05) is 12.1 Å². The van der Waals surface area contributed by atoms with Gasteiger partial charge in [-0.05, 0) is 50.7 Å². The Kier molecular flexibility index (Phi) is 4.09. The molecule has 0 saturated carbocycles. The van der Waals surface area contributed by atoms with Gasteiger partial charge < -0.3 is 10.2 Å². The van der Waals surface area contributed by atoms with E-state index in [4.69, 9.17) is 0 Å². The third kappa shape index (κ3) is 3.82. The molecule has 2 rings (SSSR count). The van der Waals surface area contributed by atoms with Crippen LogP contribution in [0.2, 0.25) is 0 Å². The molecule has 1 fully saturated rings. The van der Waals surface area contributed by atoms with Crippen molar-refractivity contribution >= 4 is 5.91 Å². The summed E-state index contributed by atoms with van der Waals surface area (Å²) in [4.78, 5) is 18.1. The number of carbonyl (C=O) groups excluding carboxylic acids is 1. The predicted molar refractivity (Wildman–Crippen MR) is 66.6 cm³/mol. The van der Waals surface area contributed by atoms with Crippen molar-refractivity contribution in [3.63, 3.8) is 0 Å². The summed E-state index contributed by atoms with van der Waals surface area (Å²) < 4.78 is 0. The first-order valence-corrected chi connectivity index (χ1v) is 6.11. The van der Waals surface area contributed by atoms with Crippen LogP contribution in [-0.2, 0) is 11.2 Å². The zero-order valence-corrected chi connectivity index (χ0v) is 10.2. The van der Waals surface area contributed by atoms with Gasteiger partial charge in [0.25, 0.3) is 0 Å². The van der Waals surface area contributed by atoms with E-state index in [0.29, 0.717) is 12.5 Å². The van der Waals surface area contributed by atoms with Gasteiger partial charge in [0.1, 0.15) is 0 Å². The van der Waals surface area contributed by atoms with E-state index in [2.05, 4.69) is 22.2 Å². The van der Waals surface area contributed by atoms with Gasteiger partial charge in [-0.1, -0.05) is 0 Å². The lowest BCUT2D eigenvalue weighted by molar-refractivity contribution is -0.121. The van der Waals surface area contributed by atoms with Crippen LogP contribution in [0, 0.1) is 0 Å². The third-order valence-corrected chi connectivity index (χ3v) is 3.20. The van der Waals surface area contributed by atoms with Crippen molar-refractivity contribution in [2.75, 3.05) is 20.1 Å². The molecule has 0 aliphatic carbocycles. The molecule has 4 nitrogen and oxygen atoms in total. The van der Waals surface area contributed by atoms with E-state index < -0.39 is 0 Å². The van der Waals surface area contributed by atoms with Crippen molar-refractivity contribution in [3.05, 3.63) is 30.1 Å². The Labute approximate surface area is 102 Å². The highest BCUT2D eigenvalue weighted by Gasteiger charge is 2.18. The molecule has 0 aromatic carbocycles. The Bertz CT molecular complexity index is 358. The Balaban J connectivity index is 1.78. The first kappa shape index (κ1) is 12.0. The molecule has 1 aliphatic rings. The molecule has 92 valence electrons. The Morgan fingerprint density at radius 1 is 1.41 bits per heavy atom. The summed E-state index contributed by atoms with van der Waals surface area (Å²) in [5, 5.41) is 3.10. The zero-order chi connectivity index (χ0) is 12.1. The van der Waals surface area contributed by atoms with Crippen LogP contribution in [-0.4, -0.2) is 42.0 Å². The van der Waals surface area contributed by atoms with Crippen LogP contribution >= 0.6 is 0 Å². The molecule has 0 bridgehead atoms. The molecular formula is C13H19N3O. The van der Waals surface area contributed by atoms with E-state index >= 15 is 0 Å². The second-order valence-electron chi connectivity index (χ2n) is 4.68. The quantitative estimate of drug-likeness (QED) is 0.841. The van der Waals surface area contributed by atoms with Crippen LogP contribution in [0.1, 0.15) is 18.4 Å². The number of aromatic nitrogens is 1. The van der Waals surface area contributed by atoms with Crippen molar-refractivity contribution in [3.8, 4) is 0 Å². The fourth-order valence-electron chi connectivity index (χ4n) is 2.12. The van der Waals surface area contributed by atoms with Crippen molar-refractivity contribution in [2.24, 2.45) is 0 Å². The number of likely N-dealkylation sites (tertiary alicyclic amines) is 1. The van der Waals surface area contributed by atoms with Crippen molar-refractivity contribution in [1.29, 1.82) is 0 Å². The van der Waals surface area contributed by atoms with Gasteiger partial charge in [-0.2, -0.15) is 0 Å². The Morgan fingerprint density at radius 3 is 2.71 bits per heavy atom. The second kappa shape index (κ2) is 5.77. The van der Waals surface area contributed by atoms with Crippen molar-refractivity contribution in [1.82, 2.24) is 15.2 Å². The highest BCUT2D eigenvalue weighted by atomic mass is 16.1. The Hall–Kier alpha value is -1.42. The van der Waals surface area contributed by atoms with Gasteiger partial charge >= 0.3 is 0 Å². The van der Waals surface area contributed by atoms with Gasteiger partial charge in [-0.25, -0.2) is 0 Å². The fourth-order valence-corrected chi connectivity index (χ4v) is 2.12. The molecule has 2 heterocycles. The van der Waals surface area contributed by atoms with E-state index in [1.165, 1.54) is 0 Å². The molecule has 0 unspecified atom stereocenters. The summed E-state index contributed by atoms with van der Waals surface area (Å²) in [6, 6.07) is 4.11. The summed E-state index contributed by atoms with van der Waals surface area (Å²) in [5.74, 6) is 0.116. The number of hydrogen-bond donors (Lipinski definition) is 1. The average Bonchev–Trinajstić information content (AvgIpc) is 2.33. The molecule has 0 atom stereocenters. The topological polar surface area (TPSA) is 45.2 Å². The average molecular weight is 233 g/mol. The maximum Gasteiger partial charge on any atom is 0.224 e. The maximum absolute atomic E-state index is 11.8. The van der Waals surface area contributed by atoms with Crippen molar-refractivity contribution in [2.45, 2.75) is 25.3 Å². The first-order chi connectivity index (χ1) is 8.24. The van der Waals surface area contributed by atoms with E-state index in [0.717, 1.165) is 31.5 Å². The molecule has 1 aromatic heterocycles. The zero-order valence-electron chi connectivity index (χ0n) is 10.2. The van der Waals surface area contributed by atoms with Gasteiger partial charge in [0.05, 0.1) is 6.42 Å². The minimum Gasteiger partial charge on any atom is -0.353 e. The summed E-state index contributed by atoms with van der Waals surface area (Å²) in [6.07, 6.45) is 6.00. The number of amides is 1. The SMILES string of the molecule is CN1CCC(NC(=O)Cc2ccncc2)CC1. The summed E-state index contributed by atoms with van der Waals surface area (Å²) in [7, 11) is 2.12. The van der Waals surface area contributed by atoms with E-state index in [1.54, 1.807) is 12.4 Å². The molecule has 1 saturated heterocycles. The monoisotopic (exact) mass is 233 g/mol. The van der Waals surface area contributed by atoms with Gasteiger partial charge in [-0.15, -0.1) is 0 Å². The van der Waals surface area contributed by atoms with Gasteiger partial charge in [-0.3, -0.25) is 9.78 Å². The maximum atomic E-state index is 11.8. The Morgan fingerprint density at radius 2 is 2.06 bits per heavy atom. The van der Waals surface area contributed by atoms with Crippen LogP contribution in [0.4, 0.5) is 0 Å². The third-order valence-electron chi connectivity index (χ3n) is 3.20. The number of carbonyl (C=O) groups is 1. The minimum absolute atomic E-state index is 0.116. The van der Waals surface area contributed by atoms with E-state index in [-0.39, 0.29) is 5.91 Å². The molecular weight excluding hydrogens is 214 g/mol. The molecule has 4 heteroatoms. The van der Waals surface area contributed by atoms with Crippen molar-refractivity contribution < 1.29 is 4.79 Å². The fraction of sp³-hybridized carbons (Fsp3) is 0.538. The minimum atomic E-state index is 0.116. The number of hydrogen-bond acceptors (Lipinski definition) is 3. The predicted octanol–water partition coefficient (Wildman–Crippen LogP) is 0.834. The molecule has 17 heavy (non-hydrogen) atoms. The number of pyridine rings is 1. The lowest BCUT2D eigenvalue weighted by atomic mass is 10.1. The second-order valence-corrected chi connectivity index (χ2v) is 4.68. The molecule has 0 radical (unpaired) electrons. The largest absolute Gasteiger partial charge is 0.353 e. The molecule has 1 amide bonds. The van der Waals surface area contributed by atoms with Crippen LogP contribution in [0.25, 0.3) is 0 Å². The standard InChI is InChI=1S/C13H19N3O/c1-16-8-4-12(5-9-16)15-13(17)10-11-2-6-14-7-3-11/h2-3,6-7,12H,4-5,8-10H2,1H3,(H,15,17). The molecule has 0 spiro atoms. The van der Waals surface area contributed by atoms with Gasteiger partial charge in [0.15, 0.2) is 0 Å². The summed E-state index contributed by atoms with van der Waals surface area (Å²) in [6.45, 7) is 2.14. The van der Waals surface area contributed by atoms with Crippen LogP contribution in [0.5, 0.6) is 0 Å². The van der Waals surface area contributed by atoms with Gasteiger partial charge in [0.2, 0.25) is 5.91 Å². The number of nitrogens with one attached hydrogen (secondary N) is 1. The van der Waals surface area contributed by atoms with Crippen LogP contribution < -0.4 is 5.32 Å². The molecule has 1 aromatic rings.